The molecular formula is C21H25FN2O2. The normalized spacial score (nSPS) is 11.9. The number of halogens is 1. The van der Waals surface area contributed by atoms with Crippen LogP contribution >= 0.6 is 0 Å². The Hall–Kier alpha value is -2.69. The van der Waals surface area contributed by atoms with E-state index < -0.39 is 6.04 Å². The zero-order chi connectivity index (χ0) is 19.1. The summed E-state index contributed by atoms with van der Waals surface area (Å²) in [5.74, 6) is -0.905. The summed E-state index contributed by atoms with van der Waals surface area (Å²) in [6.45, 7) is 6.00. The first-order valence-electron chi connectivity index (χ1n) is 8.77. The Morgan fingerprint density at radius 2 is 1.69 bits per heavy atom. The Balaban J connectivity index is 1.93. The van der Waals surface area contributed by atoms with E-state index >= 15 is 0 Å². The lowest BCUT2D eigenvalue weighted by atomic mass is 10.0. The summed E-state index contributed by atoms with van der Waals surface area (Å²) in [5.41, 5.74) is 2.13. The zero-order valence-electron chi connectivity index (χ0n) is 15.4. The monoisotopic (exact) mass is 356 g/mol. The number of nitrogens with one attached hydrogen (secondary N) is 2. The average Bonchev–Trinajstić information content (AvgIpc) is 2.61. The second-order valence-corrected chi connectivity index (χ2v) is 6.69. The van der Waals surface area contributed by atoms with Crippen LogP contribution in [0.5, 0.6) is 0 Å². The first-order chi connectivity index (χ1) is 12.4. The highest BCUT2D eigenvalue weighted by molar-refractivity contribution is 5.97. The molecule has 2 aromatic carbocycles. The van der Waals surface area contributed by atoms with Gasteiger partial charge in [-0.15, -0.1) is 0 Å². The lowest BCUT2D eigenvalue weighted by Crippen LogP contribution is -2.50. The maximum Gasteiger partial charge on any atom is 0.251 e. The molecule has 2 amide bonds. The summed E-state index contributed by atoms with van der Waals surface area (Å²) in [6.07, 6.45) is 0.398. The van der Waals surface area contributed by atoms with Gasteiger partial charge < -0.3 is 10.6 Å². The molecule has 2 N–H and O–H groups in total. The van der Waals surface area contributed by atoms with Gasteiger partial charge in [0, 0.05) is 12.1 Å². The molecule has 0 unspecified atom stereocenters. The van der Waals surface area contributed by atoms with Gasteiger partial charge in [-0.25, -0.2) is 4.39 Å². The Morgan fingerprint density at radius 3 is 2.31 bits per heavy atom. The van der Waals surface area contributed by atoms with Crippen LogP contribution in [0, 0.1) is 18.7 Å². The maximum absolute atomic E-state index is 13.6. The highest BCUT2D eigenvalue weighted by Gasteiger charge is 2.24. The Labute approximate surface area is 153 Å². The molecule has 0 aromatic heterocycles. The van der Waals surface area contributed by atoms with Crippen LogP contribution in [0.3, 0.4) is 0 Å². The van der Waals surface area contributed by atoms with Gasteiger partial charge in [-0.05, 0) is 43.0 Å². The van der Waals surface area contributed by atoms with Gasteiger partial charge in [0.15, 0.2) is 0 Å². The lowest BCUT2D eigenvalue weighted by Gasteiger charge is -2.22. The predicted octanol–water partition coefficient (Wildman–Crippen LogP) is 3.25. The van der Waals surface area contributed by atoms with Crippen molar-refractivity contribution >= 4 is 11.8 Å². The molecule has 0 bridgehead atoms. The van der Waals surface area contributed by atoms with Crippen molar-refractivity contribution in [2.75, 3.05) is 6.54 Å². The molecule has 2 rings (SSSR count). The van der Waals surface area contributed by atoms with Gasteiger partial charge in [-0.2, -0.15) is 0 Å². The van der Waals surface area contributed by atoms with Gasteiger partial charge in [-0.1, -0.05) is 49.7 Å². The van der Waals surface area contributed by atoms with Crippen molar-refractivity contribution in [2.24, 2.45) is 5.92 Å². The average molecular weight is 356 g/mol. The number of rotatable bonds is 7. The third kappa shape index (κ3) is 5.41. The highest BCUT2D eigenvalue weighted by atomic mass is 19.1. The number of carbonyl (C=O) groups is 2. The smallest absolute Gasteiger partial charge is 0.251 e. The van der Waals surface area contributed by atoms with Gasteiger partial charge in [0.25, 0.3) is 5.91 Å². The van der Waals surface area contributed by atoms with Crippen LogP contribution in [-0.4, -0.2) is 24.4 Å². The van der Waals surface area contributed by atoms with E-state index in [1.54, 1.807) is 30.3 Å². The van der Waals surface area contributed by atoms with E-state index in [-0.39, 0.29) is 23.5 Å². The zero-order valence-corrected chi connectivity index (χ0v) is 15.4. The number of hydrogen-bond acceptors (Lipinski definition) is 2. The van der Waals surface area contributed by atoms with Crippen LogP contribution in [0.4, 0.5) is 4.39 Å². The second-order valence-electron chi connectivity index (χ2n) is 6.69. The minimum Gasteiger partial charge on any atom is -0.354 e. The van der Waals surface area contributed by atoms with E-state index in [1.165, 1.54) is 6.07 Å². The molecule has 0 spiro atoms. The fourth-order valence-electron chi connectivity index (χ4n) is 2.60. The standard InChI is InChI=1S/C21H25FN2O2/c1-14(2)19(24-20(25)17-10-8-15(3)9-11-17)21(26)23-13-12-16-6-4-5-7-18(16)22/h4-11,14,19H,12-13H2,1-3H3,(H,23,26)(H,24,25)/t19-/m0/s1. The molecule has 0 aliphatic carbocycles. The molecule has 1 atom stereocenters. The van der Waals surface area contributed by atoms with Gasteiger partial charge in [0.2, 0.25) is 5.91 Å². The van der Waals surface area contributed by atoms with Crippen LogP contribution in [0.1, 0.15) is 35.3 Å². The third-order valence-electron chi connectivity index (χ3n) is 4.20. The van der Waals surface area contributed by atoms with Crippen molar-refractivity contribution in [3.63, 3.8) is 0 Å². The molecule has 26 heavy (non-hydrogen) atoms. The van der Waals surface area contributed by atoms with E-state index in [2.05, 4.69) is 10.6 Å². The lowest BCUT2D eigenvalue weighted by molar-refractivity contribution is -0.123. The molecule has 138 valence electrons. The maximum atomic E-state index is 13.6. The molecule has 0 aliphatic rings. The number of aryl methyl sites for hydroxylation is 1. The van der Waals surface area contributed by atoms with Gasteiger partial charge in [0.05, 0.1) is 0 Å². The molecule has 4 nitrogen and oxygen atoms in total. The number of benzene rings is 2. The molecule has 0 saturated heterocycles. The van der Waals surface area contributed by atoms with Crippen LogP contribution in [-0.2, 0) is 11.2 Å². The Morgan fingerprint density at radius 1 is 1.04 bits per heavy atom. The topological polar surface area (TPSA) is 58.2 Å². The van der Waals surface area contributed by atoms with Crippen molar-refractivity contribution in [3.05, 3.63) is 71.0 Å². The van der Waals surface area contributed by atoms with Gasteiger partial charge in [-0.3, -0.25) is 9.59 Å². The summed E-state index contributed by atoms with van der Waals surface area (Å²) in [7, 11) is 0. The molecule has 0 heterocycles. The van der Waals surface area contributed by atoms with E-state index in [0.717, 1.165) is 5.56 Å². The Kier molecular flexibility index (Phi) is 6.89. The van der Waals surface area contributed by atoms with Crippen molar-refractivity contribution < 1.29 is 14.0 Å². The molecule has 2 aromatic rings. The third-order valence-corrected chi connectivity index (χ3v) is 4.20. The predicted molar refractivity (Wildman–Crippen MR) is 100 cm³/mol. The first kappa shape index (κ1) is 19.6. The van der Waals surface area contributed by atoms with Crippen LogP contribution < -0.4 is 10.6 Å². The number of hydrogen-bond donors (Lipinski definition) is 2. The number of carbonyl (C=O) groups excluding carboxylic acids is 2. The molecular weight excluding hydrogens is 331 g/mol. The summed E-state index contributed by atoms with van der Waals surface area (Å²) in [6, 6.07) is 13.0. The first-order valence-corrected chi connectivity index (χ1v) is 8.77. The summed E-state index contributed by atoms with van der Waals surface area (Å²) >= 11 is 0. The van der Waals surface area contributed by atoms with Crippen LogP contribution in [0.2, 0.25) is 0 Å². The molecule has 0 fully saturated rings. The van der Waals surface area contributed by atoms with Crippen molar-refractivity contribution in [1.82, 2.24) is 10.6 Å². The van der Waals surface area contributed by atoms with Gasteiger partial charge in [0.1, 0.15) is 11.9 Å². The molecule has 0 aliphatic heterocycles. The quantitative estimate of drug-likeness (QED) is 0.800. The minimum atomic E-state index is -0.649. The van der Waals surface area contributed by atoms with E-state index in [9.17, 15) is 14.0 Å². The van der Waals surface area contributed by atoms with Crippen molar-refractivity contribution in [1.29, 1.82) is 0 Å². The van der Waals surface area contributed by atoms with E-state index in [4.69, 9.17) is 0 Å². The van der Waals surface area contributed by atoms with Crippen molar-refractivity contribution in [3.8, 4) is 0 Å². The fraction of sp³-hybridized carbons (Fsp3) is 0.333. The SMILES string of the molecule is Cc1ccc(C(=O)N[C@H](C(=O)NCCc2ccccc2F)C(C)C)cc1. The second kappa shape index (κ2) is 9.13. The molecule has 0 saturated carbocycles. The van der Waals surface area contributed by atoms with E-state index in [0.29, 0.717) is 24.1 Å². The van der Waals surface area contributed by atoms with Crippen LogP contribution in [0.25, 0.3) is 0 Å². The minimum absolute atomic E-state index is 0.0714. The highest BCUT2D eigenvalue weighted by Crippen LogP contribution is 2.08. The van der Waals surface area contributed by atoms with E-state index in [1.807, 2.05) is 32.9 Å². The summed E-state index contributed by atoms with van der Waals surface area (Å²) in [4.78, 5) is 24.8. The Bertz CT molecular complexity index is 757. The molecule has 0 radical (unpaired) electrons. The molecule has 5 heteroatoms. The fourth-order valence-corrected chi connectivity index (χ4v) is 2.60. The largest absolute Gasteiger partial charge is 0.354 e. The summed E-state index contributed by atoms with van der Waals surface area (Å²) < 4.78 is 13.6. The van der Waals surface area contributed by atoms with Crippen LogP contribution in [0.15, 0.2) is 48.5 Å². The van der Waals surface area contributed by atoms with Crippen molar-refractivity contribution in [2.45, 2.75) is 33.2 Å². The summed E-state index contributed by atoms with van der Waals surface area (Å²) in [5, 5.41) is 5.57. The number of amides is 2. The van der Waals surface area contributed by atoms with Gasteiger partial charge >= 0.3 is 0 Å².